The molecule has 3 aromatic rings. The van der Waals surface area contributed by atoms with E-state index in [4.69, 9.17) is 5.11 Å². The van der Waals surface area contributed by atoms with E-state index in [0.29, 0.717) is 11.5 Å². The number of aryl methyl sites for hydroxylation is 1. The number of rotatable bonds is 3. The molecular weight excluding hydrogens is 254 g/mol. The van der Waals surface area contributed by atoms with E-state index < -0.39 is 5.97 Å². The number of para-hydroxylation sites is 2. The maximum atomic E-state index is 11.1. The van der Waals surface area contributed by atoms with Gasteiger partial charge in [0.1, 0.15) is 12.2 Å². The maximum Gasteiger partial charge on any atom is 0.323 e. The number of carboxylic acids is 1. The number of aromatic nitrogens is 3. The summed E-state index contributed by atoms with van der Waals surface area (Å²) in [6, 6.07) is 13.1. The first-order valence-corrected chi connectivity index (χ1v) is 6.26. The van der Waals surface area contributed by atoms with Gasteiger partial charge in [0.2, 0.25) is 0 Å². The van der Waals surface area contributed by atoms with Crippen LogP contribution in [0, 0.1) is 6.92 Å². The zero-order valence-corrected chi connectivity index (χ0v) is 10.9. The van der Waals surface area contributed by atoms with Crippen LogP contribution in [0.15, 0.2) is 42.5 Å². The summed E-state index contributed by atoms with van der Waals surface area (Å²) in [4.78, 5) is 20.0. The first-order chi connectivity index (χ1) is 9.65. The van der Waals surface area contributed by atoms with Crippen LogP contribution in [0.4, 0.5) is 0 Å². The predicted octanol–water partition coefficient (Wildman–Crippen LogP) is 2.49. The Morgan fingerprint density at radius 2 is 1.95 bits per heavy atom. The summed E-state index contributed by atoms with van der Waals surface area (Å²) in [5.41, 5.74) is 3.12. The van der Waals surface area contributed by atoms with Gasteiger partial charge in [-0.1, -0.05) is 18.2 Å². The zero-order chi connectivity index (χ0) is 14.1. The summed E-state index contributed by atoms with van der Waals surface area (Å²) in [6.07, 6.45) is 0. The van der Waals surface area contributed by atoms with E-state index in [1.807, 2.05) is 49.4 Å². The summed E-state index contributed by atoms with van der Waals surface area (Å²) in [6.45, 7) is 1.76. The molecule has 0 radical (unpaired) electrons. The van der Waals surface area contributed by atoms with Gasteiger partial charge in [-0.2, -0.15) is 0 Å². The normalized spacial score (nSPS) is 10.8. The molecule has 0 bridgehead atoms. The fourth-order valence-corrected chi connectivity index (χ4v) is 2.23. The van der Waals surface area contributed by atoms with Crippen molar-refractivity contribution in [2.45, 2.75) is 13.5 Å². The number of nitrogens with zero attached hydrogens (tertiary/aromatic N) is 3. The van der Waals surface area contributed by atoms with Crippen LogP contribution in [0.25, 0.3) is 22.6 Å². The Hall–Kier alpha value is -2.69. The predicted molar refractivity (Wildman–Crippen MR) is 75.3 cm³/mol. The second kappa shape index (κ2) is 4.77. The van der Waals surface area contributed by atoms with E-state index in [1.54, 1.807) is 4.57 Å². The molecule has 0 aliphatic rings. The minimum absolute atomic E-state index is 0.133. The Labute approximate surface area is 115 Å². The van der Waals surface area contributed by atoms with Crippen LogP contribution in [-0.2, 0) is 11.3 Å². The molecule has 0 aliphatic carbocycles. The van der Waals surface area contributed by atoms with Gasteiger partial charge in [0.05, 0.1) is 11.0 Å². The van der Waals surface area contributed by atoms with E-state index >= 15 is 0 Å². The zero-order valence-electron chi connectivity index (χ0n) is 10.9. The number of benzene rings is 1. The minimum Gasteiger partial charge on any atom is -0.480 e. The second-order valence-electron chi connectivity index (χ2n) is 4.57. The molecule has 0 unspecified atom stereocenters. The molecule has 20 heavy (non-hydrogen) atoms. The van der Waals surface area contributed by atoms with Crippen molar-refractivity contribution in [1.82, 2.24) is 14.5 Å². The van der Waals surface area contributed by atoms with Gasteiger partial charge in [0, 0.05) is 5.69 Å². The third-order valence-corrected chi connectivity index (χ3v) is 3.07. The standard InChI is InChI=1S/C15H13N3O2/c1-10-5-4-7-12(16-10)15-17-11-6-2-3-8-13(11)18(15)9-14(19)20/h2-8H,9H2,1H3,(H,19,20). The Morgan fingerprint density at radius 3 is 2.70 bits per heavy atom. The van der Waals surface area contributed by atoms with Crippen LogP contribution in [-0.4, -0.2) is 25.6 Å². The molecule has 1 aromatic carbocycles. The molecule has 0 amide bonds. The van der Waals surface area contributed by atoms with Crippen molar-refractivity contribution in [3.05, 3.63) is 48.2 Å². The molecule has 2 heterocycles. The average molecular weight is 267 g/mol. The summed E-state index contributed by atoms with van der Waals surface area (Å²) in [5, 5.41) is 9.10. The van der Waals surface area contributed by atoms with Gasteiger partial charge in [-0.15, -0.1) is 0 Å². The summed E-state index contributed by atoms with van der Waals surface area (Å²) < 4.78 is 1.68. The van der Waals surface area contributed by atoms with Crippen LogP contribution >= 0.6 is 0 Å². The molecule has 2 aromatic heterocycles. The number of imidazole rings is 1. The number of carbonyl (C=O) groups is 1. The highest BCUT2D eigenvalue weighted by atomic mass is 16.4. The Bertz CT molecular complexity index is 793. The van der Waals surface area contributed by atoms with E-state index in [2.05, 4.69) is 9.97 Å². The number of aliphatic carboxylic acids is 1. The number of hydrogen-bond acceptors (Lipinski definition) is 3. The monoisotopic (exact) mass is 267 g/mol. The third kappa shape index (κ3) is 2.14. The number of hydrogen-bond donors (Lipinski definition) is 1. The molecule has 3 rings (SSSR count). The van der Waals surface area contributed by atoms with Crippen molar-refractivity contribution >= 4 is 17.0 Å². The average Bonchev–Trinajstić information content (AvgIpc) is 2.77. The van der Waals surface area contributed by atoms with Crippen molar-refractivity contribution in [3.63, 3.8) is 0 Å². The van der Waals surface area contributed by atoms with E-state index in [-0.39, 0.29) is 6.54 Å². The molecule has 1 N–H and O–H groups in total. The van der Waals surface area contributed by atoms with Gasteiger partial charge in [0.25, 0.3) is 0 Å². The summed E-state index contributed by atoms with van der Waals surface area (Å²) >= 11 is 0. The minimum atomic E-state index is -0.901. The highest BCUT2D eigenvalue weighted by Crippen LogP contribution is 2.23. The lowest BCUT2D eigenvalue weighted by molar-refractivity contribution is -0.137. The van der Waals surface area contributed by atoms with Crippen molar-refractivity contribution in [2.24, 2.45) is 0 Å². The smallest absolute Gasteiger partial charge is 0.323 e. The fourth-order valence-electron chi connectivity index (χ4n) is 2.23. The second-order valence-corrected chi connectivity index (χ2v) is 4.57. The number of fused-ring (bicyclic) bond motifs is 1. The van der Waals surface area contributed by atoms with Crippen LogP contribution in [0.5, 0.6) is 0 Å². The lowest BCUT2D eigenvalue weighted by Crippen LogP contribution is -2.10. The molecule has 0 aliphatic heterocycles. The fraction of sp³-hybridized carbons (Fsp3) is 0.133. The van der Waals surface area contributed by atoms with Crippen LogP contribution in [0.1, 0.15) is 5.69 Å². The van der Waals surface area contributed by atoms with Crippen molar-refractivity contribution < 1.29 is 9.90 Å². The molecule has 0 fully saturated rings. The molecule has 5 nitrogen and oxygen atoms in total. The highest BCUT2D eigenvalue weighted by molar-refractivity contribution is 5.82. The van der Waals surface area contributed by atoms with Crippen LogP contribution < -0.4 is 0 Å². The molecule has 0 spiro atoms. The SMILES string of the molecule is Cc1cccc(-c2nc3ccccc3n2CC(=O)O)n1. The summed E-state index contributed by atoms with van der Waals surface area (Å²) in [7, 11) is 0. The molecule has 100 valence electrons. The quantitative estimate of drug-likeness (QED) is 0.791. The van der Waals surface area contributed by atoms with Gasteiger partial charge in [-0.05, 0) is 31.2 Å². The molecule has 0 saturated heterocycles. The number of carboxylic acid groups (broad SMARTS) is 1. The molecule has 0 saturated carbocycles. The molecule has 5 heteroatoms. The molecular formula is C15H13N3O2. The van der Waals surface area contributed by atoms with Gasteiger partial charge < -0.3 is 9.67 Å². The maximum absolute atomic E-state index is 11.1. The van der Waals surface area contributed by atoms with E-state index in [0.717, 1.165) is 16.7 Å². The Morgan fingerprint density at radius 1 is 1.15 bits per heavy atom. The van der Waals surface area contributed by atoms with Gasteiger partial charge in [0.15, 0.2) is 5.82 Å². The topological polar surface area (TPSA) is 68.0 Å². The number of pyridine rings is 1. The first-order valence-electron chi connectivity index (χ1n) is 6.26. The Kier molecular flexibility index (Phi) is 2.95. The Balaban J connectivity index is 2.26. The van der Waals surface area contributed by atoms with Gasteiger partial charge in [-0.3, -0.25) is 4.79 Å². The van der Waals surface area contributed by atoms with Crippen LogP contribution in [0.2, 0.25) is 0 Å². The molecule has 0 atom stereocenters. The van der Waals surface area contributed by atoms with Crippen molar-refractivity contribution in [1.29, 1.82) is 0 Å². The third-order valence-electron chi connectivity index (χ3n) is 3.07. The van der Waals surface area contributed by atoms with Crippen LogP contribution in [0.3, 0.4) is 0 Å². The van der Waals surface area contributed by atoms with E-state index in [9.17, 15) is 4.79 Å². The highest BCUT2D eigenvalue weighted by Gasteiger charge is 2.15. The lowest BCUT2D eigenvalue weighted by atomic mass is 10.3. The lowest BCUT2D eigenvalue weighted by Gasteiger charge is -2.06. The van der Waals surface area contributed by atoms with Gasteiger partial charge >= 0.3 is 5.97 Å². The first kappa shape index (κ1) is 12.3. The van der Waals surface area contributed by atoms with Crippen molar-refractivity contribution in [3.8, 4) is 11.5 Å². The summed E-state index contributed by atoms with van der Waals surface area (Å²) in [5.74, 6) is -0.320. The van der Waals surface area contributed by atoms with Crippen molar-refractivity contribution in [2.75, 3.05) is 0 Å². The largest absolute Gasteiger partial charge is 0.480 e. The van der Waals surface area contributed by atoms with Gasteiger partial charge in [-0.25, -0.2) is 9.97 Å². The van der Waals surface area contributed by atoms with E-state index in [1.165, 1.54) is 0 Å².